The van der Waals surface area contributed by atoms with Crippen molar-refractivity contribution in [3.8, 4) is 67.3 Å². The Kier molecular flexibility index (Phi) is 20.5. The highest BCUT2D eigenvalue weighted by molar-refractivity contribution is 5.95. The van der Waals surface area contributed by atoms with Gasteiger partial charge in [0.1, 0.15) is 44.1 Å². The molecule has 0 aliphatic heterocycles. The second-order valence-electron chi connectivity index (χ2n) is 32.4. The molecule has 4 aromatic heterocycles. The third-order valence-electron chi connectivity index (χ3n) is 24.1. The fourth-order valence-electron chi connectivity index (χ4n) is 17.4. The molecule has 24 aromatic rings. The lowest BCUT2D eigenvalue weighted by molar-refractivity contribution is 0.765. The average Bonchev–Trinajstić information content (AvgIpc) is 1.44. The molecular formula is C116H80N16. The second kappa shape index (κ2) is 34.6. The van der Waals surface area contributed by atoms with Crippen molar-refractivity contribution in [1.29, 1.82) is 0 Å². The van der Waals surface area contributed by atoms with Crippen LogP contribution in [0.3, 0.4) is 0 Å². The van der Waals surface area contributed by atoms with Crippen LogP contribution >= 0.6 is 0 Å². The first-order valence-corrected chi connectivity index (χ1v) is 43.9. The summed E-state index contributed by atoms with van der Waals surface area (Å²) in [5, 5.41) is 43.2. The number of nitrogens with zero attached hydrogens (tertiary/aromatic N) is 16. The van der Waals surface area contributed by atoms with Gasteiger partial charge in [-0.2, -0.15) is 19.2 Å². The Morgan fingerprint density at radius 2 is 0.288 bits per heavy atom. The van der Waals surface area contributed by atoms with Crippen molar-refractivity contribution in [3.05, 3.63) is 485 Å². The Bertz CT molecular complexity index is 7740. The molecule has 4 heterocycles. The summed E-state index contributed by atoms with van der Waals surface area (Å²) in [5.74, 6) is 0. The van der Waals surface area contributed by atoms with E-state index in [1.165, 1.54) is 32.7 Å². The van der Waals surface area contributed by atoms with Crippen LogP contribution in [0.2, 0.25) is 0 Å². The molecule has 0 N–H and O–H groups in total. The first kappa shape index (κ1) is 78.4. The third kappa shape index (κ3) is 15.9. The van der Waals surface area contributed by atoms with Crippen molar-refractivity contribution < 1.29 is 0 Å². The number of hydrogen-bond acceptors (Lipinski definition) is 12. The highest BCUT2D eigenvalue weighted by Gasteiger charge is 2.23. The van der Waals surface area contributed by atoms with Crippen LogP contribution in [0.1, 0.15) is 0 Å². The van der Waals surface area contributed by atoms with Gasteiger partial charge >= 0.3 is 0 Å². The molecule has 0 aliphatic rings. The lowest BCUT2D eigenvalue weighted by atomic mass is 9.98. The Morgan fingerprint density at radius 1 is 0.121 bits per heavy atom. The molecule has 20 aromatic carbocycles. The van der Waals surface area contributed by atoms with Crippen molar-refractivity contribution in [3.63, 3.8) is 0 Å². The van der Waals surface area contributed by atoms with Gasteiger partial charge in [-0.1, -0.05) is 267 Å². The van der Waals surface area contributed by atoms with Crippen molar-refractivity contribution in [2.75, 3.05) is 19.6 Å². The molecule has 0 saturated heterocycles. The Morgan fingerprint density at radius 3 is 0.530 bits per heavy atom. The third-order valence-corrected chi connectivity index (χ3v) is 24.1. The SMILES string of the molecule is c1ccc(-n2nc3ccc(N(c4ccc(-c5ccc(N(c6ccc7ccccc7c6)c6ccc7nn(-c8ccccc8)nc7c6)cc5)cc4)c4ccc5ccccc5c4)cc3n2)cc1.c1ccc(N(c2ccc(-c3ccc(-c4ccc(-c5ccc(N(c6ccccc6)c6ccc7nn(-c8ccccc8)nc7c6)cc5)cc4)cc3)cc2)c2ccc3nn(-c4ccccc4)nc3c2)cc1. The zero-order chi connectivity index (χ0) is 87.6. The molecule has 0 atom stereocenters. The topological polar surface area (TPSA) is 136 Å². The summed E-state index contributed by atoms with van der Waals surface area (Å²) in [7, 11) is 0. The van der Waals surface area contributed by atoms with E-state index in [2.05, 4.69) is 359 Å². The van der Waals surface area contributed by atoms with Crippen LogP contribution in [0, 0.1) is 0 Å². The number of rotatable bonds is 20. The molecule has 624 valence electrons. The molecule has 0 radical (unpaired) electrons. The number of benzene rings is 20. The van der Waals surface area contributed by atoms with Crippen LogP contribution in [-0.4, -0.2) is 60.0 Å². The van der Waals surface area contributed by atoms with Crippen LogP contribution in [0.15, 0.2) is 485 Å². The number of para-hydroxylation sites is 6. The van der Waals surface area contributed by atoms with Crippen LogP contribution in [-0.2, 0) is 0 Å². The second-order valence-corrected chi connectivity index (χ2v) is 32.4. The smallest absolute Gasteiger partial charge is 0.115 e. The number of anilines is 12. The van der Waals surface area contributed by atoms with E-state index in [0.717, 1.165) is 169 Å². The summed E-state index contributed by atoms with van der Waals surface area (Å²) in [5.41, 5.74) is 31.9. The van der Waals surface area contributed by atoms with E-state index in [9.17, 15) is 0 Å². The molecule has 16 heteroatoms. The summed E-state index contributed by atoms with van der Waals surface area (Å²) < 4.78 is 0. The quantitative estimate of drug-likeness (QED) is 0.0718. The Hall–Kier alpha value is -18.3. The largest absolute Gasteiger partial charge is 0.310 e. The molecule has 132 heavy (non-hydrogen) atoms. The molecule has 16 nitrogen and oxygen atoms in total. The zero-order valence-electron chi connectivity index (χ0n) is 71.3. The zero-order valence-corrected chi connectivity index (χ0v) is 71.3. The van der Waals surface area contributed by atoms with Crippen molar-refractivity contribution >= 4 is 134 Å². The molecule has 0 spiro atoms. The molecule has 24 rings (SSSR count). The first-order chi connectivity index (χ1) is 65.3. The van der Waals surface area contributed by atoms with Gasteiger partial charge in [-0.05, 0) is 284 Å². The van der Waals surface area contributed by atoms with Gasteiger partial charge in [0.25, 0.3) is 0 Å². The monoisotopic (exact) mass is 1700 g/mol. The summed E-state index contributed by atoms with van der Waals surface area (Å²) in [4.78, 5) is 15.9. The Balaban J connectivity index is 0.000000150. The maximum absolute atomic E-state index is 4.88. The van der Waals surface area contributed by atoms with E-state index in [-0.39, 0.29) is 0 Å². The molecule has 0 aliphatic carbocycles. The molecule has 0 unspecified atom stereocenters. The maximum atomic E-state index is 4.88. The van der Waals surface area contributed by atoms with Crippen molar-refractivity contribution in [2.24, 2.45) is 0 Å². The maximum Gasteiger partial charge on any atom is 0.115 e. The van der Waals surface area contributed by atoms with Crippen LogP contribution in [0.4, 0.5) is 68.2 Å². The van der Waals surface area contributed by atoms with Crippen molar-refractivity contribution in [1.82, 2.24) is 60.0 Å². The van der Waals surface area contributed by atoms with E-state index in [0.29, 0.717) is 0 Å². The fourth-order valence-corrected chi connectivity index (χ4v) is 17.4. The molecule has 0 amide bonds. The molecule has 0 fully saturated rings. The normalized spacial score (nSPS) is 11.3. The predicted octanol–water partition coefficient (Wildman–Crippen LogP) is 29.2. The van der Waals surface area contributed by atoms with Crippen LogP contribution < -0.4 is 19.6 Å². The van der Waals surface area contributed by atoms with E-state index in [4.69, 9.17) is 40.8 Å². The fraction of sp³-hybridized carbons (Fsp3) is 0. The van der Waals surface area contributed by atoms with Gasteiger partial charge in [0, 0.05) is 68.2 Å². The van der Waals surface area contributed by atoms with E-state index < -0.39 is 0 Å². The van der Waals surface area contributed by atoms with Gasteiger partial charge in [0.05, 0.1) is 22.7 Å². The van der Waals surface area contributed by atoms with E-state index >= 15 is 0 Å². The van der Waals surface area contributed by atoms with Gasteiger partial charge in [0.15, 0.2) is 0 Å². The highest BCUT2D eigenvalue weighted by atomic mass is 15.5. The summed E-state index contributed by atoms with van der Waals surface area (Å²) in [6, 6.07) is 169. The minimum atomic E-state index is 0.819. The van der Waals surface area contributed by atoms with E-state index in [1.807, 2.05) is 146 Å². The summed E-state index contributed by atoms with van der Waals surface area (Å²) in [6.07, 6.45) is 0. The molecule has 0 bridgehead atoms. The molecule has 0 saturated carbocycles. The lowest BCUT2D eigenvalue weighted by Crippen LogP contribution is -2.10. The van der Waals surface area contributed by atoms with Crippen molar-refractivity contribution in [2.45, 2.75) is 0 Å². The van der Waals surface area contributed by atoms with Gasteiger partial charge in [0.2, 0.25) is 0 Å². The highest BCUT2D eigenvalue weighted by Crippen LogP contribution is 2.44. The van der Waals surface area contributed by atoms with Crippen LogP contribution in [0.25, 0.3) is 133 Å². The lowest BCUT2D eigenvalue weighted by Gasteiger charge is -2.26. The standard InChI is InChI=1S/C60H42N8.C56H38N8/c1-5-13-49(14-6-1)65(55-37-39-57-59(41-55)63-67(61-57)53-17-9-3-10-18-53)51-33-29-47(30-34-51)45-25-21-43(22-26-45)44-23-27-46(28-24-44)48-31-35-52(36-32-48)66(50-15-7-2-8-16-50)56-38-40-58-60(42-56)64-68(62-58)54-19-11-4-12-20-54;1-3-15-47(16-4-1)63-57-53-33-31-51(37-55(53)59-63)61(49-29-23-39-11-7-9-13-43(39)35-49)45-25-19-41(20-26-45)42-21-27-46(28-22-42)62(50-30-24-40-12-8-10-14-44(40)36-50)52-32-34-54-56(38-52)60-64(58-54)48-17-5-2-6-18-48/h1-42H;1-38H. The summed E-state index contributed by atoms with van der Waals surface area (Å²) in [6.45, 7) is 0. The van der Waals surface area contributed by atoms with Gasteiger partial charge in [-0.15, -0.1) is 40.8 Å². The van der Waals surface area contributed by atoms with E-state index in [1.54, 1.807) is 19.2 Å². The predicted molar refractivity (Wildman–Crippen MR) is 538 cm³/mol. The minimum absolute atomic E-state index is 0.819. The van der Waals surface area contributed by atoms with Gasteiger partial charge in [-0.3, -0.25) is 0 Å². The van der Waals surface area contributed by atoms with Gasteiger partial charge < -0.3 is 19.6 Å². The summed E-state index contributed by atoms with van der Waals surface area (Å²) >= 11 is 0. The molecular weight excluding hydrogens is 1620 g/mol. The Labute approximate surface area is 761 Å². The average molecular weight is 1700 g/mol. The number of fused-ring (bicyclic) bond motifs is 6. The van der Waals surface area contributed by atoms with Gasteiger partial charge in [-0.25, -0.2) is 0 Å². The number of aromatic nitrogens is 12. The first-order valence-electron chi connectivity index (χ1n) is 43.9. The number of hydrogen-bond donors (Lipinski definition) is 0. The minimum Gasteiger partial charge on any atom is -0.310 e. The van der Waals surface area contributed by atoms with Crippen LogP contribution in [0.5, 0.6) is 0 Å².